The lowest BCUT2D eigenvalue weighted by atomic mass is 10.1. The molecule has 0 spiro atoms. The first-order valence-electron chi connectivity index (χ1n) is 9.73. The number of benzene rings is 3. The number of ketones is 1. The fourth-order valence-electron chi connectivity index (χ4n) is 3.18. The number of halogens is 2. The number of hydrogen-bond donors (Lipinski definition) is 2. The highest BCUT2D eigenvalue weighted by molar-refractivity contribution is 7.92. The van der Waals surface area contributed by atoms with E-state index in [1.807, 2.05) is 6.92 Å². The van der Waals surface area contributed by atoms with E-state index in [9.17, 15) is 17.6 Å². The molecule has 4 aromatic rings. The van der Waals surface area contributed by atoms with E-state index in [0.717, 1.165) is 29.0 Å². The number of sulfone groups is 1. The van der Waals surface area contributed by atoms with Gasteiger partial charge in [-0.2, -0.15) is 0 Å². The maximum atomic E-state index is 13.6. The van der Waals surface area contributed by atoms with Crippen LogP contribution in [-0.4, -0.2) is 14.2 Å². The van der Waals surface area contributed by atoms with Crippen molar-refractivity contribution >= 4 is 54.9 Å². The van der Waals surface area contributed by atoms with Crippen molar-refractivity contribution in [3.05, 3.63) is 99.6 Å². The quantitative estimate of drug-likeness (QED) is 0.306. The van der Waals surface area contributed by atoms with Crippen molar-refractivity contribution < 1.29 is 17.6 Å². The molecule has 0 aliphatic carbocycles. The lowest BCUT2D eigenvalue weighted by Crippen LogP contribution is -2.08. The lowest BCUT2D eigenvalue weighted by Gasteiger charge is -2.10. The molecule has 1 heterocycles. The SMILES string of the molecule is Cc1ccc(S(=O)(=O)c2c(Nc3ccc(Cl)cc3)sc(C(=O)c3ccc(F)cc3)c2N)cc1. The number of hydrogen-bond acceptors (Lipinski definition) is 6. The maximum absolute atomic E-state index is 13.6. The predicted molar refractivity (Wildman–Crippen MR) is 130 cm³/mol. The number of aryl methyl sites for hydroxylation is 1. The van der Waals surface area contributed by atoms with Crippen LogP contribution in [0.4, 0.5) is 20.8 Å². The second-order valence-corrected chi connectivity index (χ2v) is 10.6. The molecule has 4 rings (SSSR count). The summed E-state index contributed by atoms with van der Waals surface area (Å²) in [5.74, 6) is -0.986. The first kappa shape index (κ1) is 23.0. The predicted octanol–water partition coefficient (Wildman–Crippen LogP) is 6.24. The van der Waals surface area contributed by atoms with Gasteiger partial charge < -0.3 is 11.1 Å². The smallest absolute Gasteiger partial charge is 0.211 e. The Hall–Kier alpha value is -3.20. The van der Waals surface area contributed by atoms with Crippen LogP contribution in [0, 0.1) is 12.7 Å². The van der Waals surface area contributed by atoms with Crippen molar-refractivity contribution in [2.45, 2.75) is 16.7 Å². The Labute approximate surface area is 199 Å². The summed E-state index contributed by atoms with van der Waals surface area (Å²) < 4.78 is 40.4. The van der Waals surface area contributed by atoms with E-state index in [-0.39, 0.29) is 30.9 Å². The Morgan fingerprint density at radius 1 is 0.970 bits per heavy atom. The number of thiophene rings is 1. The molecule has 0 atom stereocenters. The van der Waals surface area contributed by atoms with Gasteiger partial charge in [0.15, 0.2) is 0 Å². The molecule has 3 N–H and O–H groups in total. The second kappa shape index (κ2) is 8.97. The highest BCUT2D eigenvalue weighted by Crippen LogP contribution is 2.44. The molecule has 0 aliphatic heterocycles. The van der Waals surface area contributed by atoms with Gasteiger partial charge in [0.2, 0.25) is 15.6 Å². The monoisotopic (exact) mass is 500 g/mol. The largest absolute Gasteiger partial charge is 0.396 e. The molecular formula is C24H18ClFN2O3S2. The molecule has 5 nitrogen and oxygen atoms in total. The van der Waals surface area contributed by atoms with Crippen LogP contribution in [0.25, 0.3) is 0 Å². The summed E-state index contributed by atoms with van der Waals surface area (Å²) in [7, 11) is -4.06. The van der Waals surface area contributed by atoms with E-state index >= 15 is 0 Å². The number of nitrogens with one attached hydrogen (secondary N) is 1. The highest BCUT2D eigenvalue weighted by atomic mass is 35.5. The van der Waals surface area contributed by atoms with Gasteiger partial charge in [-0.15, -0.1) is 11.3 Å². The normalized spacial score (nSPS) is 11.4. The number of anilines is 3. The van der Waals surface area contributed by atoms with Gasteiger partial charge in [-0.25, -0.2) is 12.8 Å². The first-order valence-corrected chi connectivity index (χ1v) is 12.4. The zero-order valence-corrected chi connectivity index (χ0v) is 19.7. The number of nitrogen functional groups attached to an aromatic ring is 1. The fourth-order valence-corrected chi connectivity index (χ4v) is 6.24. The van der Waals surface area contributed by atoms with Crippen molar-refractivity contribution in [2.75, 3.05) is 11.1 Å². The summed E-state index contributed by atoms with van der Waals surface area (Å²) in [6.45, 7) is 1.85. The molecule has 9 heteroatoms. The zero-order chi connectivity index (χ0) is 23.8. The van der Waals surface area contributed by atoms with Crippen LogP contribution in [0.2, 0.25) is 5.02 Å². The Morgan fingerprint density at radius 3 is 2.18 bits per heavy atom. The van der Waals surface area contributed by atoms with Crippen molar-refractivity contribution in [1.82, 2.24) is 0 Å². The minimum Gasteiger partial charge on any atom is -0.396 e. The standard InChI is InChI=1S/C24H18ClFN2O3S2/c1-14-2-12-19(13-3-14)33(30,31)23-20(27)22(21(29)15-4-8-17(26)9-5-15)32-24(23)28-18-10-6-16(25)7-11-18/h2-13,28H,27H2,1H3. The summed E-state index contributed by atoms with van der Waals surface area (Å²) in [6, 6.07) is 18.0. The average Bonchev–Trinajstić information content (AvgIpc) is 3.12. The summed E-state index contributed by atoms with van der Waals surface area (Å²) in [4.78, 5) is 13.0. The van der Waals surface area contributed by atoms with E-state index in [0.29, 0.717) is 10.7 Å². The fraction of sp³-hybridized carbons (Fsp3) is 0.0417. The van der Waals surface area contributed by atoms with Gasteiger partial charge in [0.05, 0.1) is 10.6 Å². The third-order valence-corrected chi connectivity index (χ3v) is 8.27. The van der Waals surface area contributed by atoms with Crippen LogP contribution in [0.15, 0.2) is 82.6 Å². The zero-order valence-electron chi connectivity index (χ0n) is 17.3. The molecular weight excluding hydrogens is 483 g/mol. The first-order chi connectivity index (χ1) is 15.7. The molecule has 0 saturated heterocycles. The highest BCUT2D eigenvalue weighted by Gasteiger charge is 2.31. The third kappa shape index (κ3) is 4.64. The molecule has 0 fully saturated rings. The molecule has 3 aromatic carbocycles. The molecule has 0 aliphatic rings. The minimum absolute atomic E-state index is 0.0451. The van der Waals surface area contributed by atoms with E-state index < -0.39 is 21.4 Å². The Kier molecular flexibility index (Phi) is 6.25. The van der Waals surface area contributed by atoms with Gasteiger partial charge >= 0.3 is 0 Å². The van der Waals surface area contributed by atoms with Crippen LogP contribution >= 0.6 is 22.9 Å². The third-order valence-electron chi connectivity index (χ3n) is 4.91. The van der Waals surface area contributed by atoms with Gasteiger partial charge in [0.1, 0.15) is 20.6 Å². The van der Waals surface area contributed by atoms with Crippen LogP contribution < -0.4 is 11.1 Å². The van der Waals surface area contributed by atoms with Gasteiger partial charge in [-0.05, 0) is 67.6 Å². The van der Waals surface area contributed by atoms with Crippen LogP contribution in [0.5, 0.6) is 0 Å². The summed E-state index contributed by atoms with van der Waals surface area (Å²) in [6.07, 6.45) is 0. The second-order valence-electron chi connectivity index (χ2n) is 7.29. The number of carbonyl (C=O) groups excluding carboxylic acids is 1. The Balaban J connectivity index is 1.87. The van der Waals surface area contributed by atoms with Crippen molar-refractivity contribution in [2.24, 2.45) is 0 Å². The topological polar surface area (TPSA) is 89.3 Å². The van der Waals surface area contributed by atoms with Crippen LogP contribution in [0.1, 0.15) is 20.8 Å². The number of carbonyl (C=O) groups is 1. The van der Waals surface area contributed by atoms with Crippen LogP contribution in [0.3, 0.4) is 0 Å². The molecule has 33 heavy (non-hydrogen) atoms. The van der Waals surface area contributed by atoms with Gasteiger partial charge in [0, 0.05) is 16.3 Å². The Bertz CT molecular complexity index is 1430. The Morgan fingerprint density at radius 2 is 1.58 bits per heavy atom. The minimum atomic E-state index is -4.06. The maximum Gasteiger partial charge on any atom is 0.211 e. The number of nitrogens with two attached hydrogens (primary N) is 1. The molecule has 0 saturated carbocycles. The van der Waals surface area contributed by atoms with Crippen molar-refractivity contribution in [1.29, 1.82) is 0 Å². The molecule has 0 unspecified atom stereocenters. The molecule has 1 aromatic heterocycles. The molecule has 168 valence electrons. The van der Waals surface area contributed by atoms with E-state index in [4.69, 9.17) is 17.3 Å². The number of rotatable bonds is 6. The molecule has 0 amide bonds. The lowest BCUT2D eigenvalue weighted by molar-refractivity contribution is 0.104. The van der Waals surface area contributed by atoms with Gasteiger partial charge in [-0.3, -0.25) is 4.79 Å². The summed E-state index contributed by atoms with van der Waals surface area (Å²) in [5, 5.41) is 3.77. The van der Waals surface area contributed by atoms with E-state index in [2.05, 4.69) is 5.32 Å². The summed E-state index contributed by atoms with van der Waals surface area (Å²) >= 11 is 6.87. The van der Waals surface area contributed by atoms with Crippen molar-refractivity contribution in [3.63, 3.8) is 0 Å². The van der Waals surface area contributed by atoms with Crippen molar-refractivity contribution in [3.8, 4) is 0 Å². The van der Waals surface area contributed by atoms with Crippen LogP contribution in [-0.2, 0) is 9.84 Å². The molecule has 0 radical (unpaired) electrons. The summed E-state index contributed by atoms with van der Waals surface area (Å²) in [5.41, 5.74) is 7.79. The average molecular weight is 501 g/mol. The van der Waals surface area contributed by atoms with E-state index in [1.54, 1.807) is 36.4 Å². The van der Waals surface area contributed by atoms with Gasteiger partial charge in [-0.1, -0.05) is 29.3 Å². The van der Waals surface area contributed by atoms with Gasteiger partial charge in [0.25, 0.3) is 0 Å². The van der Waals surface area contributed by atoms with E-state index in [1.165, 1.54) is 24.3 Å². The molecule has 0 bridgehead atoms.